The molecule has 0 unspecified atom stereocenters. The van der Waals surface area contributed by atoms with Crippen LogP contribution in [0.3, 0.4) is 0 Å². The number of hydrogen-bond donors (Lipinski definition) is 0. The Morgan fingerprint density at radius 2 is 1.83 bits per heavy atom. The number of rotatable bonds is 4. The molecule has 0 aliphatic heterocycles. The van der Waals surface area contributed by atoms with Gasteiger partial charge < -0.3 is 0 Å². The Morgan fingerprint density at radius 3 is 2.54 bits per heavy atom. The number of aromatic nitrogens is 1. The summed E-state index contributed by atoms with van der Waals surface area (Å²) < 4.78 is 0. The molecule has 0 aliphatic carbocycles. The second-order valence-electron chi connectivity index (χ2n) is 5.01. The first-order chi connectivity index (χ1) is 11.8. The van der Waals surface area contributed by atoms with Crippen LogP contribution >= 0.6 is 22.9 Å². The molecule has 1 aromatic heterocycles. The molecule has 2 aromatic carbocycles. The highest BCUT2D eigenvalue weighted by molar-refractivity contribution is 7.11. The molecule has 0 N–H and O–H groups in total. The minimum atomic E-state index is 0.549. The second kappa shape index (κ2) is 7.74. The van der Waals surface area contributed by atoms with E-state index in [-0.39, 0.29) is 0 Å². The molecule has 2 nitrogen and oxygen atoms in total. The van der Waals surface area contributed by atoms with Crippen LogP contribution in [0.2, 0.25) is 5.02 Å². The van der Waals surface area contributed by atoms with Gasteiger partial charge in [0.05, 0.1) is 11.3 Å². The number of hydrogen-bond acceptors (Lipinski definition) is 3. The summed E-state index contributed by atoms with van der Waals surface area (Å²) in [7, 11) is 0. The number of thiazole rings is 1. The molecule has 116 valence electrons. The van der Waals surface area contributed by atoms with Crippen LogP contribution in [-0.4, -0.2) is 4.98 Å². The van der Waals surface area contributed by atoms with Gasteiger partial charge >= 0.3 is 0 Å². The highest BCUT2D eigenvalue weighted by Gasteiger charge is 2.08. The summed E-state index contributed by atoms with van der Waals surface area (Å²) >= 11 is 7.37. The molecule has 0 aliphatic rings. The molecule has 4 heteroatoms. The van der Waals surface area contributed by atoms with E-state index in [2.05, 4.69) is 11.1 Å². The van der Waals surface area contributed by atoms with E-state index in [1.54, 1.807) is 6.08 Å². The third-order valence-electron chi connectivity index (χ3n) is 3.35. The summed E-state index contributed by atoms with van der Waals surface area (Å²) in [6.45, 7) is 0. The van der Waals surface area contributed by atoms with Crippen molar-refractivity contribution in [2.45, 2.75) is 0 Å². The monoisotopic (exact) mass is 348 g/mol. The van der Waals surface area contributed by atoms with Gasteiger partial charge in [-0.1, -0.05) is 66.2 Å². The van der Waals surface area contributed by atoms with Crippen LogP contribution in [0.25, 0.3) is 22.9 Å². The van der Waals surface area contributed by atoms with Crippen LogP contribution in [0.1, 0.15) is 10.6 Å². The number of nitrogens with zero attached hydrogens (tertiary/aromatic N) is 2. The van der Waals surface area contributed by atoms with Crippen molar-refractivity contribution in [3.05, 3.63) is 87.7 Å². The van der Waals surface area contributed by atoms with E-state index < -0.39 is 0 Å². The van der Waals surface area contributed by atoms with Crippen LogP contribution in [0.5, 0.6) is 0 Å². The first-order valence-corrected chi connectivity index (χ1v) is 8.57. The van der Waals surface area contributed by atoms with E-state index in [9.17, 15) is 5.26 Å². The molecule has 0 saturated carbocycles. The predicted molar refractivity (Wildman–Crippen MR) is 102 cm³/mol. The van der Waals surface area contributed by atoms with Crippen molar-refractivity contribution in [1.29, 1.82) is 5.26 Å². The first kappa shape index (κ1) is 16.2. The largest absolute Gasteiger partial charge is 0.235 e. The molecular formula is C20H13ClN2S. The zero-order valence-electron chi connectivity index (χ0n) is 12.7. The number of nitriles is 1. The summed E-state index contributed by atoms with van der Waals surface area (Å²) in [5.74, 6) is 0. The van der Waals surface area contributed by atoms with E-state index in [0.717, 1.165) is 16.8 Å². The minimum absolute atomic E-state index is 0.549. The summed E-state index contributed by atoms with van der Waals surface area (Å²) in [5.41, 5.74) is 3.47. The van der Waals surface area contributed by atoms with Crippen molar-refractivity contribution in [3.8, 4) is 17.3 Å². The van der Waals surface area contributed by atoms with E-state index in [0.29, 0.717) is 15.6 Å². The van der Waals surface area contributed by atoms with E-state index in [1.807, 2.05) is 72.1 Å². The minimum Gasteiger partial charge on any atom is -0.235 e. The lowest BCUT2D eigenvalue weighted by molar-refractivity contribution is 1.37. The molecule has 3 aromatic rings. The maximum atomic E-state index is 9.39. The van der Waals surface area contributed by atoms with Gasteiger partial charge in [-0.15, -0.1) is 11.3 Å². The van der Waals surface area contributed by atoms with Crippen molar-refractivity contribution < 1.29 is 0 Å². The van der Waals surface area contributed by atoms with Gasteiger partial charge in [0.1, 0.15) is 11.1 Å². The zero-order chi connectivity index (χ0) is 16.8. The molecule has 1 heterocycles. The maximum Gasteiger partial charge on any atom is 0.134 e. The Bertz CT molecular complexity index is 916. The van der Waals surface area contributed by atoms with E-state index in [1.165, 1.54) is 11.3 Å². The van der Waals surface area contributed by atoms with Crippen molar-refractivity contribution in [2.24, 2.45) is 0 Å². The van der Waals surface area contributed by atoms with E-state index >= 15 is 0 Å². The van der Waals surface area contributed by atoms with Gasteiger partial charge in [0.2, 0.25) is 0 Å². The number of halogens is 1. The predicted octanol–water partition coefficient (Wildman–Crippen LogP) is 6.08. The Balaban J connectivity index is 1.82. The highest BCUT2D eigenvalue weighted by Crippen LogP contribution is 2.27. The van der Waals surface area contributed by atoms with Crippen LogP contribution in [0.15, 0.2) is 72.1 Å². The molecule has 0 spiro atoms. The molecule has 0 amide bonds. The van der Waals surface area contributed by atoms with Gasteiger partial charge in [-0.3, -0.25) is 0 Å². The number of allylic oxidation sites excluding steroid dienone is 3. The van der Waals surface area contributed by atoms with Crippen LogP contribution in [0, 0.1) is 11.3 Å². The fourth-order valence-corrected chi connectivity index (χ4v) is 3.06. The number of benzene rings is 2. The average molecular weight is 349 g/mol. The average Bonchev–Trinajstić information content (AvgIpc) is 3.10. The third kappa shape index (κ3) is 3.99. The van der Waals surface area contributed by atoms with Gasteiger partial charge in [-0.05, 0) is 23.8 Å². The lowest BCUT2D eigenvalue weighted by Gasteiger charge is -1.96. The van der Waals surface area contributed by atoms with Gasteiger partial charge in [0.15, 0.2) is 0 Å². The maximum absolute atomic E-state index is 9.39. The molecule has 24 heavy (non-hydrogen) atoms. The van der Waals surface area contributed by atoms with Gasteiger partial charge in [0.25, 0.3) is 0 Å². The lowest BCUT2D eigenvalue weighted by atomic mass is 10.2. The molecule has 0 atom stereocenters. The van der Waals surface area contributed by atoms with Crippen LogP contribution < -0.4 is 0 Å². The Kier molecular flexibility index (Phi) is 5.22. The molecular weight excluding hydrogens is 336 g/mol. The molecule has 0 fully saturated rings. The highest BCUT2D eigenvalue weighted by atomic mass is 35.5. The van der Waals surface area contributed by atoms with Gasteiger partial charge in [0, 0.05) is 16.0 Å². The topological polar surface area (TPSA) is 36.7 Å². The van der Waals surface area contributed by atoms with E-state index in [4.69, 9.17) is 11.6 Å². The van der Waals surface area contributed by atoms with Gasteiger partial charge in [-0.25, -0.2) is 4.98 Å². The fraction of sp³-hybridized carbons (Fsp3) is 0. The lowest BCUT2D eigenvalue weighted by Crippen LogP contribution is -1.81. The molecule has 0 saturated heterocycles. The Labute approximate surface area is 150 Å². The summed E-state index contributed by atoms with van der Waals surface area (Å²) in [5, 5.41) is 12.7. The third-order valence-corrected chi connectivity index (χ3v) is 4.47. The van der Waals surface area contributed by atoms with Gasteiger partial charge in [-0.2, -0.15) is 5.26 Å². The van der Waals surface area contributed by atoms with Crippen molar-refractivity contribution in [2.75, 3.05) is 0 Å². The normalized spacial score (nSPS) is 11.6. The zero-order valence-corrected chi connectivity index (χ0v) is 14.3. The first-order valence-electron chi connectivity index (χ1n) is 7.31. The van der Waals surface area contributed by atoms with Crippen molar-refractivity contribution >= 4 is 34.6 Å². The van der Waals surface area contributed by atoms with Crippen molar-refractivity contribution in [3.63, 3.8) is 0 Å². The summed E-state index contributed by atoms with van der Waals surface area (Å²) in [4.78, 5) is 4.56. The summed E-state index contributed by atoms with van der Waals surface area (Å²) in [6.07, 6.45) is 5.62. The summed E-state index contributed by atoms with van der Waals surface area (Å²) in [6, 6.07) is 19.7. The van der Waals surface area contributed by atoms with Crippen LogP contribution in [-0.2, 0) is 0 Å². The standard InChI is InChI=1S/C20H13ClN2S/c21-18-11-9-16(10-12-18)19-14-24-20(23-19)17(13-22)8-4-7-15-5-2-1-3-6-15/h1-12,14H/b7-4?,17-8+. The second-order valence-corrected chi connectivity index (χ2v) is 6.30. The molecule has 0 radical (unpaired) electrons. The Morgan fingerprint density at radius 1 is 1.08 bits per heavy atom. The molecule has 3 rings (SSSR count). The van der Waals surface area contributed by atoms with Crippen molar-refractivity contribution in [1.82, 2.24) is 4.98 Å². The smallest absolute Gasteiger partial charge is 0.134 e. The quantitative estimate of drug-likeness (QED) is 0.423. The SMILES string of the molecule is N#C/C(=C\C=Cc1ccccc1)c1nc(-c2ccc(Cl)cc2)cs1. The Hall–Kier alpha value is -2.67. The fourth-order valence-electron chi connectivity index (χ4n) is 2.13. The van der Waals surface area contributed by atoms with Crippen LogP contribution in [0.4, 0.5) is 0 Å². The molecule has 0 bridgehead atoms.